The summed E-state index contributed by atoms with van der Waals surface area (Å²) >= 11 is 0. The number of carbonyl (C=O) groups is 1. The summed E-state index contributed by atoms with van der Waals surface area (Å²) in [4.78, 5) is 13.7. The third-order valence-electron chi connectivity index (χ3n) is 1.19. The molecule has 0 bridgehead atoms. The molecule has 0 aromatic carbocycles. The fourth-order valence-corrected chi connectivity index (χ4v) is 0.691. The van der Waals surface area contributed by atoms with Gasteiger partial charge in [0.1, 0.15) is 11.4 Å². The quantitative estimate of drug-likeness (QED) is 0.572. The van der Waals surface area contributed by atoms with Crippen molar-refractivity contribution < 1.29 is 19.5 Å². The van der Waals surface area contributed by atoms with Gasteiger partial charge in [-0.3, -0.25) is 10.7 Å². The molecule has 0 unspecified atom stereocenters. The Balaban J connectivity index is 3.21. The minimum Gasteiger partial charge on any atom is -0.478 e. The minimum atomic E-state index is -1.36. The van der Waals surface area contributed by atoms with Crippen LogP contribution in [-0.4, -0.2) is 21.3 Å². The van der Waals surface area contributed by atoms with E-state index >= 15 is 0 Å². The summed E-state index contributed by atoms with van der Waals surface area (Å²) in [5.74, 6) is -2.42. The standard InChI is InChI=1S/C6H5FN2O3/c7-3-1-4(6(10)11)5(9-12)8-2-3/h1-2,12H,(H,8,9)(H,10,11). The summed E-state index contributed by atoms with van der Waals surface area (Å²) in [6.07, 6.45) is 0.797. The molecule has 5 nitrogen and oxygen atoms in total. The molecule has 12 heavy (non-hydrogen) atoms. The van der Waals surface area contributed by atoms with E-state index in [9.17, 15) is 9.18 Å². The molecule has 1 aromatic rings. The number of rotatable bonds is 2. The number of carboxylic acids is 1. The van der Waals surface area contributed by atoms with E-state index in [1.54, 1.807) is 5.48 Å². The molecule has 0 aliphatic carbocycles. The summed E-state index contributed by atoms with van der Waals surface area (Å²) in [6.45, 7) is 0. The maximum Gasteiger partial charge on any atom is 0.339 e. The molecule has 64 valence electrons. The average Bonchev–Trinajstić information content (AvgIpc) is 2.04. The first-order valence-electron chi connectivity index (χ1n) is 2.94. The van der Waals surface area contributed by atoms with E-state index in [2.05, 4.69) is 4.98 Å². The van der Waals surface area contributed by atoms with Gasteiger partial charge in [0.05, 0.1) is 6.20 Å². The van der Waals surface area contributed by atoms with Crippen LogP contribution in [0.15, 0.2) is 12.3 Å². The SMILES string of the molecule is O=C(O)c1cc(F)cnc1NO. The molecule has 0 radical (unpaired) electrons. The zero-order chi connectivity index (χ0) is 9.14. The average molecular weight is 172 g/mol. The number of nitrogens with zero attached hydrogens (tertiary/aromatic N) is 1. The van der Waals surface area contributed by atoms with Gasteiger partial charge in [-0.1, -0.05) is 0 Å². The van der Waals surface area contributed by atoms with Crippen molar-refractivity contribution in [2.24, 2.45) is 0 Å². The Labute approximate surface area is 66.4 Å². The second-order valence-corrected chi connectivity index (χ2v) is 1.97. The van der Waals surface area contributed by atoms with Gasteiger partial charge in [0.25, 0.3) is 0 Å². The molecule has 0 atom stereocenters. The lowest BCUT2D eigenvalue weighted by Crippen LogP contribution is -2.05. The van der Waals surface area contributed by atoms with Crippen molar-refractivity contribution in [2.75, 3.05) is 5.48 Å². The highest BCUT2D eigenvalue weighted by atomic mass is 19.1. The van der Waals surface area contributed by atoms with Gasteiger partial charge in [-0.15, -0.1) is 0 Å². The lowest BCUT2D eigenvalue weighted by atomic mass is 10.2. The smallest absolute Gasteiger partial charge is 0.339 e. The van der Waals surface area contributed by atoms with Gasteiger partial charge in [-0.05, 0) is 6.07 Å². The van der Waals surface area contributed by atoms with Crippen LogP contribution >= 0.6 is 0 Å². The van der Waals surface area contributed by atoms with Gasteiger partial charge in [0.15, 0.2) is 5.82 Å². The van der Waals surface area contributed by atoms with Gasteiger partial charge in [-0.25, -0.2) is 14.2 Å². The largest absolute Gasteiger partial charge is 0.478 e. The maximum absolute atomic E-state index is 12.4. The Morgan fingerprint density at radius 3 is 2.83 bits per heavy atom. The molecular weight excluding hydrogens is 167 g/mol. The van der Waals surface area contributed by atoms with Crippen LogP contribution in [0.25, 0.3) is 0 Å². The second kappa shape index (κ2) is 3.14. The molecule has 6 heteroatoms. The summed E-state index contributed by atoms with van der Waals surface area (Å²) in [5.41, 5.74) is 1.13. The molecule has 0 spiro atoms. The highest BCUT2D eigenvalue weighted by Crippen LogP contribution is 2.11. The van der Waals surface area contributed by atoms with Crippen LogP contribution in [-0.2, 0) is 0 Å². The first-order valence-corrected chi connectivity index (χ1v) is 2.94. The Kier molecular flexibility index (Phi) is 2.20. The second-order valence-electron chi connectivity index (χ2n) is 1.97. The molecule has 0 aliphatic rings. The number of nitrogens with one attached hydrogen (secondary N) is 1. The van der Waals surface area contributed by atoms with Gasteiger partial charge >= 0.3 is 5.97 Å². The zero-order valence-corrected chi connectivity index (χ0v) is 5.78. The molecule has 1 aromatic heterocycles. The van der Waals surface area contributed by atoms with E-state index < -0.39 is 17.3 Å². The monoisotopic (exact) mass is 172 g/mol. The van der Waals surface area contributed by atoms with Crippen molar-refractivity contribution in [2.45, 2.75) is 0 Å². The zero-order valence-electron chi connectivity index (χ0n) is 5.78. The molecule has 0 saturated heterocycles. The van der Waals surface area contributed by atoms with Crippen molar-refractivity contribution >= 4 is 11.8 Å². The Morgan fingerprint density at radius 1 is 1.67 bits per heavy atom. The molecule has 0 amide bonds. The molecule has 0 fully saturated rings. The lowest BCUT2D eigenvalue weighted by Gasteiger charge is -2.01. The van der Waals surface area contributed by atoms with E-state index in [1.165, 1.54) is 0 Å². The van der Waals surface area contributed by atoms with Crippen LogP contribution in [0.1, 0.15) is 10.4 Å². The Bertz CT molecular complexity index is 316. The summed E-state index contributed by atoms with van der Waals surface area (Å²) in [6, 6.07) is 0.758. The summed E-state index contributed by atoms with van der Waals surface area (Å²) in [5, 5.41) is 16.8. The number of hydrogen-bond acceptors (Lipinski definition) is 4. The van der Waals surface area contributed by atoms with Crippen molar-refractivity contribution in [3.63, 3.8) is 0 Å². The van der Waals surface area contributed by atoms with E-state index in [0.717, 1.165) is 12.3 Å². The highest BCUT2D eigenvalue weighted by molar-refractivity contribution is 5.92. The topological polar surface area (TPSA) is 82.5 Å². The molecular formula is C6H5FN2O3. The van der Waals surface area contributed by atoms with E-state index in [0.29, 0.717) is 0 Å². The lowest BCUT2D eigenvalue weighted by molar-refractivity contribution is 0.0696. The van der Waals surface area contributed by atoms with Crippen LogP contribution < -0.4 is 5.48 Å². The number of anilines is 1. The fraction of sp³-hybridized carbons (Fsp3) is 0. The van der Waals surface area contributed by atoms with Crippen LogP contribution in [0.5, 0.6) is 0 Å². The van der Waals surface area contributed by atoms with Crippen LogP contribution in [0.4, 0.5) is 10.2 Å². The minimum absolute atomic E-state index is 0.288. The number of carboxylic acid groups (broad SMARTS) is 1. The number of halogens is 1. The molecule has 1 heterocycles. The summed E-state index contributed by atoms with van der Waals surface area (Å²) in [7, 11) is 0. The first-order chi connectivity index (χ1) is 5.65. The normalized spacial score (nSPS) is 9.50. The van der Waals surface area contributed by atoms with Crippen LogP contribution in [0, 0.1) is 5.82 Å². The Hall–Kier alpha value is -1.69. The van der Waals surface area contributed by atoms with Crippen molar-refractivity contribution in [3.05, 3.63) is 23.6 Å². The van der Waals surface area contributed by atoms with Crippen molar-refractivity contribution in [1.29, 1.82) is 0 Å². The number of pyridine rings is 1. The third kappa shape index (κ3) is 1.48. The van der Waals surface area contributed by atoms with Crippen LogP contribution in [0.2, 0.25) is 0 Å². The van der Waals surface area contributed by atoms with Gasteiger partial charge < -0.3 is 5.11 Å². The van der Waals surface area contributed by atoms with Gasteiger partial charge in [-0.2, -0.15) is 0 Å². The molecule has 3 N–H and O–H groups in total. The van der Waals surface area contributed by atoms with E-state index in [-0.39, 0.29) is 5.82 Å². The van der Waals surface area contributed by atoms with Crippen molar-refractivity contribution in [1.82, 2.24) is 4.98 Å². The highest BCUT2D eigenvalue weighted by Gasteiger charge is 2.11. The molecule has 1 rings (SSSR count). The van der Waals surface area contributed by atoms with E-state index in [4.69, 9.17) is 10.3 Å². The Morgan fingerprint density at radius 2 is 2.33 bits per heavy atom. The fourth-order valence-electron chi connectivity index (χ4n) is 0.691. The predicted octanol–water partition coefficient (Wildman–Crippen LogP) is 0.720. The number of aromatic nitrogens is 1. The van der Waals surface area contributed by atoms with Gasteiger partial charge in [0, 0.05) is 0 Å². The number of aromatic carboxylic acids is 1. The molecule has 0 saturated carbocycles. The van der Waals surface area contributed by atoms with Gasteiger partial charge in [0.2, 0.25) is 0 Å². The summed E-state index contributed by atoms with van der Waals surface area (Å²) < 4.78 is 12.4. The maximum atomic E-state index is 12.4. The first kappa shape index (κ1) is 8.41. The van der Waals surface area contributed by atoms with E-state index in [1.807, 2.05) is 0 Å². The van der Waals surface area contributed by atoms with Crippen molar-refractivity contribution in [3.8, 4) is 0 Å². The third-order valence-corrected chi connectivity index (χ3v) is 1.19. The van der Waals surface area contributed by atoms with Crippen LogP contribution in [0.3, 0.4) is 0 Å². The number of hydrogen-bond donors (Lipinski definition) is 3. The predicted molar refractivity (Wildman–Crippen MR) is 36.6 cm³/mol. The molecule has 0 aliphatic heterocycles.